The molecule has 7 heteroatoms. The molecule has 0 spiro atoms. The summed E-state index contributed by atoms with van der Waals surface area (Å²) in [4.78, 5) is 35.8. The topological polar surface area (TPSA) is 55.2 Å². The Morgan fingerprint density at radius 2 is 2.00 bits per heavy atom. The number of benzene rings is 1. The number of carbonyl (C=O) groups is 1. The van der Waals surface area contributed by atoms with Crippen molar-refractivity contribution in [3.8, 4) is 5.69 Å². The van der Waals surface area contributed by atoms with E-state index < -0.39 is 0 Å². The molecule has 0 saturated carbocycles. The number of piperidine rings is 1. The fraction of sp³-hybridized carbons (Fsp3) is 0.480. The summed E-state index contributed by atoms with van der Waals surface area (Å²) in [6.45, 7) is 5.23. The second-order valence-corrected chi connectivity index (χ2v) is 11.1. The number of thioether (sulfide) groups is 1. The van der Waals surface area contributed by atoms with E-state index in [9.17, 15) is 9.59 Å². The Balaban J connectivity index is 1.55. The molecule has 168 valence electrons. The van der Waals surface area contributed by atoms with Gasteiger partial charge in [-0.2, -0.15) is 0 Å². The summed E-state index contributed by atoms with van der Waals surface area (Å²) in [5.74, 6) is 1.08. The van der Waals surface area contributed by atoms with Gasteiger partial charge in [0.15, 0.2) is 5.16 Å². The van der Waals surface area contributed by atoms with Crippen molar-refractivity contribution in [1.82, 2.24) is 14.5 Å². The summed E-state index contributed by atoms with van der Waals surface area (Å²) in [6, 6.07) is 9.98. The number of hydrogen-bond donors (Lipinski definition) is 0. The Kier molecular flexibility index (Phi) is 6.12. The number of hydrogen-bond acceptors (Lipinski definition) is 5. The highest BCUT2D eigenvalue weighted by Crippen LogP contribution is 2.37. The first-order valence-corrected chi connectivity index (χ1v) is 13.4. The average Bonchev–Trinajstić information content (AvgIpc) is 3.16. The fourth-order valence-electron chi connectivity index (χ4n) is 4.95. The summed E-state index contributed by atoms with van der Waals surface area (Å²) >= 11 is 3.05. The largest absolute Gasteiger partial charge is 0.339 e. The number of para-hydroxylation sites is 1. The standard InChI is InChI=1S/C25H29N3O2S2/c1-16-11-12-19-20(14-16)32-23-22(19)24(30)28(18-9-4-3-5-10-18)25(26-23)31-15-21(29)27-13-7-6-8-17(27)2/h3-5,9-10,16-17H,6-8,11-15H2,1-2H3/t16-,17+/m0/s1. The minimum Gasteiger partial charge on any atom is -0.339 e. The van der Waals surface area contributed by atoms with E-state index in [-0.39, 0.29) is 17.5 Å². The molecule has 32 heavy (non-hydrogen) atoms. The zero-order chi connectivity index (χ0) is 22.2. The molecule has 2 aromatic heterocycles. The lowest BCUT2D eigenvalue weighted by atomic mass is 9.89. The van der Waals surface area contributed by atoms with Gasteiger partial charge in [-0.1, -0.05) is 36.9 Å². The molecule has 3 heterocycles. The predicted molar refractivity (Wildman–Crippen MR) is 132 cm³/mol. The molecule has 5 nitrogen and oxygen atoms in total. The molecule has 1 aromatic carbocycles. The maximum Gasteiger partial charge on any atom is 0.267 e. The number of likely N-dealkylation sites (tertiary alicyclic amines) is 1. The van der Waals surface area contributed by atoms with Gasteiger partial charge in [-0.05, 0) is 69.1 Å². The van der Waals surface area contributed by atoms with Crippen molar-refractivity contribution in [1.29, 1.82) is 0 Å². The molecule has 5 rings (SSSR count). The summed E-state index contributed by atoms with van der Waals surface area (Å²) in [5, 5.41) is 1.39. The monoisotopic (exact) mass is 467 g/mol. The van der Waals surface area contributed by atoms with Crippen molar-refractivity contribution in [2.24, 2.45) is 5.92 Å². The Hall–Kier alpha value is -2.12. The molecule has 1 fully saturated rings. The van der Waals surface area contributed by atoms with Crippen molar-refractivity contribution < 1.29 is 4.79 Å². The molecule has 0 bridgehead atoms. The van der Waals surface area contributed by atoms with Crippen LogP contribution < -0.4 is 5.56 Å². The normalized spacial score (nSPS) is 21.0. The first-order chi connectivity index (χ1) is 15.5. The molecule has 0 radical (unpaired) electrons. The van der Waals surface area contributed by atoms with Crippen LogP contribution in [0.4, 0.5) is 0 Å². The lowest BCUT2D eigenvalue weighted by Gasteiger charge is -2.33. The number of carbonyl (C=O) groups excluding carboxylic acids is 1. The molecule has 1 aliphatic heterocycles. The van der Waals surface area contributed by atoms with Crippen LogP contribution in [0, 0.1) is 5.92 Å². The van der Waals surface area contributed by atoms with Crippen LogP contribution >= 0.6 is 23.1 Å². The minimum absolute atomic E-state index is 0.00505. The molecule has 0 unspecified atom stereocenters. The van der Waals surface area contributed by atoms with Crippen LogP contribution in [-0.2, 0) is 17.6 Å². The van der Waals surface area contributed by atoms with Crippen LogP contribution in [0.3, 0.4) is 0 Å². The lowest BCUT2D eigenvalue weighted by Crippen LogP contribution is -2.43. The van der Waals surface area contributed by atoms with E-state index in [2.05, 4.69) is 13.8 Å². The van der Waals surface area contributed by atoms with E-state index in [1.165, 1.54) is 28.6 Å². The van der Waals surface area contributed by atoms with Crippen LogP contribution in [0.15, 0.2) is 40.3 Å². The quantitative estimate of drug-likeness (QED) is 0.397. The van der Waals surface area contributed by atoms with Gasteiger partial charge in [0.1, 0.15) is 4.83 Å². The molecule has 0 N–H and O–H groups in total. The van der Waals surface area contributed by atoms with Crippen molar-refractivity contribution in [2.45, 2.75) is 63.6 Å². The van der Waals surface area contributed by atoms with E-state index in [0.29, 0.717) is 16.8 Å². The van der Waals surface area contributed by atoms with Gasteiger partial charge in [-0.15, -0.1) is 11.3 Å². The Morgan fingerprint density at radius 3 is 2.78 bits per heavy atom. The molecular formula is C25H29N3O2S2. The van der Waals surface area contributed by atoms with Crippen LogP contribution in [0.1, 0.15) is 50.0 Å². The smallest absolute Gasteiger partial charge is 0.267 e. The van der Waals surface area contributed by atoms with Gasteiger partial charge in [0.25, 0.3) is 5.56 Å². The Labute approximate surface area is 196 Å². The maximum atomic E-state index is 13.8. The third-order valence-corrected chi connectivity index (χ3v) is 8.83. The first-order valence-electron chi connectivity index (χ1n) is 11.6. The molecule has 1 amide bonds. The molecule has 3 aromatic rings. The number of amides is 1. The van der Waals surface area contributed by atoms with E-state index in [1.807, 2.05) is 35.2 Å². The third kappa shape index (κ3) is 4.01. The second kappa shape index (κ2) is 9.02. The number of aromatic nitrogens is 2. The van der Waals surface area contributed by atoms with Gasteiger partial charge in [-0.25, -0.2) is 4.98 Å². The number of aryl methyl sites for hydroxylation is 1. The van der Waals surface area contributed by atoms with Gasteiger partial charge < -0.3 is 4.90 Å². The highest BCUT2D eigenvalue weighted by atomic mass is 32.2. The molecule has 2 atom stereocenters. The van der Waals surface area contributed by atoms with Gasteiger partial charge in [0.2, 0.25) is 5.91 Å². The van der Waals surface area contributed by atoms with Crippen LogP contribution in [0.25, 0.3) is 15.9 Å². The first kappa shape index (κ1) is 21.7. The molecule has 1 aliphatic carbocycles. The maximum absolute atomic E-state index is 13.8. The zero-order valence-corrected chi connectivity index (χ0v) is 20.3. The fourth-order valence-corrected chi connectivity index (χ4v) is 7.27. The number of rotatable bonds is 4. The van der Waals surface area contributed by atoms with E-state index in [4.69, 9.17) is 4.98 Å². The Bertz CT molecular complexity index is 1200. The number of nitrogens with zero attached hydrogens (tertiary/aromatic N) is 3. The van der Waals surface area contributed by atoms with Crippen molar-refractivity contribution in [3.63, 3.8) is 0 Å². The van der Waals surface area contributed by atoms with Crippen molar-refractivity contribution >= 4 is 39.2 Å². The number of thiophene rings is 1. The lowest BCUT2D eigenvalue weighted by molar-refractivity contribution is -0.131. The summed E-state index contributed by atoms with van der Waals surface area (Å²) in [6.07, 6.45) is 6.40. The highest BCUT2D eigenvalue weighted by molar-refractivity contribution is 7.99. The SMILES string of the molecule is C[C@H]1CCc2c(sc3nc(SCC(=O)N4CCCC[C@H]4C)n(-c4ccccc4)c(=O)c23)C1. The van der Waals surface area contributed by atoms with Crippen molar-refractivity contribution in [3.05, 3.63) is 51.1 Å². The third-order valence-electron chi connectivity index (χ3n) is 6.76. The molecule has 1 saturated heterocycles. The van der Waals surface area contributed by atoms with E-state index >= 15 is 0 Å². The molecule has 2 aliphatic rings. The summed E-state index contributed by atoms with van der Waals surface area (Å²) in [5.41, 5.74) is 1.99. The second-order valence-electron chi connectivity index (χ2n) is 9.12. The Morgan fingerprint density at radius 1 is 1.19 bits per heavy atom. The van der Waals surface area contributed by atoms with Crippen molar-refractivity contribution in [2.75, 3.05) is 12.3 Å². The minimum atomic E-state index is -0.00505. The van der Waals surface area contributed by atoms with E-state index in [1.54, 1.807) is 15.9 Å². The predicted octanol–water partition coefficient (Wildman–Crippen LogP) is 5.07. The van der Waals surface area contributed by atoms with Crippen LogP contribution in [0.5, 0.6) is 0 Å². The summed E-state index contributed by atoms with van der Waals surface area (Å²) < 4.78 is 1.71. The number of fused-ring (bicyclic) bond motifs is 3. The van der Waals surface area contributed by atoms with E-state index in [0.717, 1.165) is 54.6 Å². The van der Waals surface area contributed by atoms with Crippen LogP contribution in [0.2, 0.25) is 0 Å². The van der Waals surface area contributed by atoms with Gasteiger partial charge in [-0.3, -0.25) is 14.2 Å². The highest BCUT2D eigenvalue weighted by Gasteiger charge is 2.27. The van der Waals surface area contributed by atoms with Gasteiger partial charge in [0.05, 0.1) is 16.8 Å². The molecular weight excluding hydrogens is 438 g/mol. The van der Waals surface area contributed by atoms with Gasteiger partial charge >= 0.3 is 0 Å². The zero-order valence-electron chi connectivity index (χ0n) is 18.7. The average molecular weight is 468 g/mol. The van der Waals surface area contributed by atoms with Gasteiger partial charge in [0, 0.05) is 17.5 Å². The van der Waals surface area contributed by atoms with Crippen LogP contribution in [-0.4, -0.2) is 38.7 Å². The summed E-state index contributed by atoms with van der Waals surface area (Å²) in [7, 11) is 0.